The van der Waals surface area contributed by atoms with Gasteiger partial charge in [0.15, 0.2) is 0 Å². The number of hydrogen-bond donors (Lipinski definition) is 0. The van der Waals surface area contributed by atoms with Gasteiger partial charge in [0.25, 0.3) is 11.8 Å². The van der Waals surface area contributed by atoms with Crippen molar-refractivity contribution >= 4 is 18.0 Å². The number of carbonyl (C=O) groups excluding carboxylic acids is 2. The fourth-order valence-electron chi connectivity index (χ4n) is 4.69. The summed E-state index contributed by atoms with van der Waals surface area (Å²) in [6.45, 7) is 0.504. The van der Waals surface area contributed by atoms with E-state index in [2.05, 4.69) is 17.3 Å². The summed E-state index contributed by atoms with van der Waals surface area (Å²) >= 11 is 0. The highest BCUT2D eigenvalue weighted by Crippen LogP contribution is 2.49. The first-order valence-corrected chi connectivity index (χ1v) is 10.1. The van der Waals surface area contributed by atoms with Gasteiger partial charge in [0, 0.05) is 0 Å². The first-order valence-electron chi connectivity index (χ1n) is 10.1. The second-order valence-electron chi connectivity index (χ2n) is 7.92. The van der Waals surface area contributed by atoms with Crippen molar-refractivity contribution in [1.29, 1.82) is 0 Å². The maximum absolute atomic E-state index is 12.8. The van der Waals surface area contributed by atoms with Crippen LogP contribution >= 0.6 is 0 Å². The summed E-state index contributed by atoms with van der Waals surface area (Å²) < 4.78 is 5.78. The number of carbonyl (C=O) groups is 2. The molecular formula is C24H22N2O3. The van der Waals surface area contributed by atoms with E-state index in [-0.39, 0.29) is 35.5 Å². The van der Waals surface area contributed by atoms with E-state index in [9.17, 15) is 9.59 Å². The Balaban J connectivity index is 1.25. The van der Waals surface area contributed by atoms with Crippen LogP contribution in [-0.2, 0) is 16.2 Å². The number of ether oxygens (including phenoxy) is 1. The summed E-state index contributed by atoms with van der Waals surface area (Å²) in [6, 6.07) is 17.4. The van der Waals surface area contributed by atoms with E-state index in [0.29, 0.717) is 6.61 Å². The number of imide groups is 1. The Morgan fingerprint density at radius 2 is 1.52 bits per heavy atom. The standard InChI is InChI=1S/C24H22N2O3/c27-23-21-18-8-9-19(11-10-18)22(21)24(28)26(23)25-14-16-6-12-20(13-7-16)29-15-17-4-2-1-3-5-17/h1-9,12-14,18-19,21-22H,10-11,15H2/b25-14-/t18-,19+,21-,22+. The molecule has 1 saturated heterocycles. The molecule has 1 aliphatic heterocycles. The molecule has 2 aromatic carbocycles. The SMILES string of the molecule is O=C1[C@@H]2[C@H](C(=O)N1/N=C\c1ccc(OCc3ccccc3)cc1)[C@@H]1C=C[C@H]2CC1. The largest absolute Gasteiger partial charge is 0.489 e. The normalized spacial score (nSPS) is 27.7. The highest BCUT2D eigenvalue weighted by atomic mass is 16.5. The number of hydrogen-bond acceptors (Lipinski definition) is 4. The first-order chi connectivity index (χ1) is 14.2. The summed E-state index contributed by atoms with van der Waals surface area (Å²) in [5.41, 5.74) is 1.92. The molecule has 4 atom stereocenters. The molecule has 4 aliphatic rings. The van der Waals surface area contributed by atoms with Crippen LogP contribution in [-0.4, -0.2) is 23.0 Å². The maximum Gasteiger partial charge on any atom is 0.254 e. The number of hydrazone groups is 1. The van der Waals surface area contributed by atoms with Crippen molar-refractivity contribution in [3.8, 4) is 5.75 Å². The van der Waals surface area contributed by atoms with E-state index >= 15 is 0 Å². The third kappa shape index (κ3) is 3.27. The number of allylic oxidation sites excluding steroid dienone is 2. The number of nitrogens with zero attached hydrogens (tertiary/aromatic N) is 2. The van der Waals surface area contributed by atoms with Crippen LogP contribution in [0.5, 0.6) is 5.75 Å². The topological polar surface area (TPSA) is 59.0 Å². The summed E-state index contributed by atoms with van der Waals surface area (Å²) in [7, 11) is 0. The molecule has 2 amide bonds. The fourth-order valence-corrected chi connectivity index (χ4v) is 4.69. The van der Waals surface area contributed by atoms with Crippen molar-refractivity contribution in [1.82, 2.24) is 5.01 Å². The van der Waals surface area contributed by atoms with Gasteiger partial charge in [-0.1, -0.05) is 42.5 Å². The molecule has 0 N–H and O–H groups in total. The van der Waals surface area contributed by atoms with Crippen molar-refractivity contribution in [2.45, 2.75) is 19.4 Å². The molecule has 3 aliphatic carbocycles. The molecule has 2 bridgehead atoms. The predicted octanol–water partition coefficient (Wildman–Crippen LogP) is 3.80. The molecule has 146 valence electrons. The molecule has 29 heavy (non-hydrogen) atoms. The highest BCUT2D eigenvalue weighted by Gasteiger charge is 2.56. The Morgan fingerprint density at radius 1 is 0.897 bits per heavy atom. The van der Waals surface area contributed by atoms with Crippen molar-refractivity contribution in [3.05, 3.63) is 77.9 Å². The van der Waals surface area contributed by atoms with E-state index in [1.165, 1.54) is 0 Å². The molecule has 0 unspecified atom stereocenters. The van der Waals surface area contributed by atoms with Crippen LogP contribution in [0, 0.1) is 23.7 Å². The minimum Gasteiger partial charge on any atom is -0.489 e. The molecule has 2 fully saturated rings. The van der Waals surface area contributed by atoms with E-state index in [0.717, 1.165) is 34.7 Å². The summed E-state index contributed by atoms with van der Waals surface area (Å²) in [6.07, 6.45) is 7.78. The Morgan fingerprint density at radius 3 is 2.10 bits per heavy atom. The molecule has 2 aromatic rings. The number of benzene rings is 2. The van der Waals surface area contributed by atoms with Gasteiger partial charge in [0.05, 0.1) is 18.1 Å². The molecule has 1 heterocycles. The first kappa shape index (κ1) is 17.9. The zero-order valence-corrected chi connectivity index (χ0v) is 16.0. The van der Waals surface area contributed by atoms with Crippen LogP contribution in [0.3, 0.4) is 0 Å². The zero-order valence-electron chi connectivity index (χ0n) is 16.0. The molecular weight excluding hydrogens is 364 g/mol. The third-order valence-corrected chi connectivity index (χ3v) is 6.19. The lowest BCUT2D eigenvalue weighted by Gasteiger charge is -2.37. The van der Waals surface area contributed by atoms with E-state index in [1.807, 2.05) is 54.6 Å². The lowest BCUT2D eigenvalue weighted by molar-refractivity contribution is -0.140. The summed E-state index contributed by atoms with van der Waals surface area (Å²) in [5.74, 6) is 0.365. The molecule has 5 heteroatoms. The highest BCUT2D eigenvalue weighted by molar-refractivity contribution is 6.06. The number of fused-ring (bicyclic) bond motifs is 1. The number of rotatable bonds is 5. The van der Waals surface area contributed by atoms with Crippen molar-refractivity contribution < 1.29 is 14.3 Å². The van der Waals surface area contributed by atoms with Gasteiger partial charge in [-0.2, -0.15) is 10.1 Å². The van der Waals surface area contributed by atoms with Gasteiger partial charge in [-0.25, -0.2) is 0 Å². The van der Waals surface area contributed by atoms with Crippen LogP contribution in [0.4, 0.5) is 0 Å². The molecule has 5 nitrogen and oxygen atoms in total. The third-order valence-electron chi connectivity index (χ3n) is 6.19. The predicted molar refractivity (Wildman–Crippen MR) is 109 cm³/mol. The minimum atomic E-state index is -0.225. The van der Waals surface area contributed by atoms with Crippen molar-refractivity contribution in [2.24, 2.45) is 28.8 Å². The van der Waals surface area contributed by atoms with Crippen LogP contribution < -0.4 is 4.74 Å². The molecule has 1 saturated carbocycles. The average molecular weight is 386 g/mol. The average Bonchev–Trinajstić information content (AvgIpc) is 3.05. The van der Waals surface area contributed by atoms with Gasteiger partial charge in [0.1, 0.15) is 12.4 Å². The van der Waals surface area contributed by atoms with Gasteiger partial charge in [-0.3, -0.25) is 9.59 Å². The fraction of sp³-hybridized carbons (Fsp3) is 0.292. The van der Waals surface area contributed by atoms with Gasteiger partial charge in [-0.05, 0) is 60.1 Å². The van der Waals surface area contributed by atoms with Gasteiger partial charge in [-0.15, -0.1) is 0 Å². The van der Waals surface area contributed by atoms with Crippen molar-refractivity contribution in [3.63, 3.8) is 0 Å². The smallest absolute Gasteiger partial charge is 0.254 e. The Kier molecular flexibility index (Phi) is 4.51. The van der Waals surface area contributed by atoms with E-state index in [1.54, 1.807) is 6.21 Å². The van der Waals surface area contributed by atoms with Gasteiger partial charge in [0.2, 0.25) is 0 Å². The van der Waals surface area contributed by atoms with Crippen LogP contribution in [0.25, 0.3) is 0 Å². The Labute approximate surface area is 169 Å². The molecule has 0 aromatic heterocycles. The quantitative estimate of drug-likeness (QED) is 0.446. The lowest BCUT2D eigenvalue weighted by Crippen LogP contribution is -2.38. The van der Waals surface area contributed by atoms with Gasteiger partial charge < -0.3 is 4.74 Å². The lowest BCUT2D eigenvalue weighted by atomic mass is 9.63. The zero-order chi connectivity index (χ0) is 19.8. The van der Waals surface area contributed by atoms with E-state index < -0.39 is 0 Å². The molecule has 0 radical (unpaired) electrons. The second-order valence-corrected chi connectivity index (χ2v) is 7.92. The summed E-state index contributed by atoms with van der Waals surface area (Å²) in [5, 5.41) is 5.33. The summed E-state index contributed by atoms with van der Waals surface area (Å²) in [4.78, 5) is 25.5. The molecule has 0 spiro atoms. The minimum absolute atomic E-state index is 0.155. The van der Waals surface area contributed by atoms with Gasteiger partial charge >= 0.3 is 0 Å². The van der Waals surface area contributed by atoms with Crippen molar-refractivity contribution in [2.75, 3.05) is 0 Å². The van der Waals surface area contributed by atoms with Crippen LogP contribution in [0.1, 0.15) is 24.0 Å². The Bertz CT molecular complexity index is 949. The van der Waals surface area contributed by atoms with Crippen LogP contribution in [0.15, 0.2) is 71.9 Å². The van der Waals surface area contributed by atoms with Crippen LogP contribution in [0.2, 0.25) is 0 Å². The maximum atomic E-state index is 12.8. The molecule has 6 rings (SSSR count). The second kappa shape index (κ2) is 7.32. The number of amides is 2. The Hall–Kier alpha value is -3.21. The monoisotopic (exact) mass is 386 g/mol. The van der Waals surface area contributed by atoms with E-state index in [4.69, 9.17) is 4.74 Å².